The van der Waals surface area contributed by atoms with E-state index in [-0.39, 0.29) is 5.56 Å². The molecule has 0 aromatic heterocycles. The van der Waals surface area contributed by atoms with Gasteiger partial charge >= 0.3 is 12.0 Å². The number of amides is 3. The van der Waals surface area contributed by atoms with Crippen LogP contribution in [0.3, 0.4) is 0 Å². The van der Waals surface area contributed by atoms with Gasteiger partial charge in [0.05, 0.1) is 19.8 Å². The summed E-state index contributed by atoms with van der Waals surface area (Å²) in [6, 6.07) is 1.92. The van der Waals surface area contributed by atoms with E-state index in [4.69, 9.17) is 19.9 Å². The lowest BCUT2D eigenvalue weighted by molar-refractivity contribution is -0.127. The topological polar surface area (TPSA) is 117 Å². The van der Waals surface area contributed by atoms with Crippen molar-refractivity contribution in [1.29, 1.82) is 0 Å². The molecule has 0 aliphatic heterocycles. The zero-order valence-electron chi connectivity index (χ0n) is 12.8. The van der Waals surface area contributed by atoms with E-state index in [9.17, 15) is 14.4 Å². The number of benzene rings is 1. The van der Waals surface area contributed by atoms with Gasteiger partial charge in [0.15, 0.2) is 6.10 Å². The average molecular weight is 310 g/mol. The lowest BCUT2D eigenvalue weighted by Gasteiger charge is -2.14. The van der Waals surface area contributed by atoms with Crippen LogP contribution >= 0.6 is 0 Å². The maximum atomic E-state index is 12.1. The van der Waals surface area contributed by atoms with Crippen LogP contribution in [0.2, 0.25) is 0 Å². The van der Waals surface area contributed by atoms with Crippen LogP contribution in [-0.2, 0) is 9.53 Å². The molecule has 0 fully saturated rings. The first kappa shape index (κ1) is 17.3. The third-order valence-electron chi connectivity index (χ3n) is 2.89. The summed E-state index contributed by atoms with van der Waals surface area (Å²) in [5.74, 6) is -0.684. The van der Waals surface area contributed by atoms with Crippen molar-refractivity contribution in [2.75, 3.05) is 14.2 Å². The van der Waals surface area contributed by atoms with Crippen LogP contribution in [0.1, 0.15) is 22.8 Å². The average Bonchev–Trinajstić information content (AvgIpc) is 2.46. The summed E-state index contributed by atoms with van der Waals surface area (Å²) in [4.78, 5) is 34.1. The normalized spacial score (nSPS) is 11.3. The lowest BCUT2D eigenvalue weighted by atomic mass is 10.1. The second kappa shape index (κ2) is 7.30. The molecular weight excluding hydrogens is 292 g/mol. The summed E-state index contributed by atoms with van der Waals surface area (Å²) in [7, 11) is 2.92. The second-order valence-corrected chi connectivity index (χ2v) is 4.41. The molecule has 0 spiro atoms. The first-order valence-corrected chi connectivity index (χ1v) is 6.34. The molecule has 0 heterocycles. The predicted molar refractivity (Wildman–Crippen MR) is 76.9 cm³/mol. The molecule has 1 aromatic rings. The van der Waals surface area contributed by atoms with Crippen LogP contribution < -0.4 is 20.5 Å². The maximum absolute atomic E-state index is 12.1. The van der Waals surface area contributed by atoms with Crippen LogP contribution in [0.4, 0.5) is 4.79 Å². The van der Waals surface area contributed by atoms with Crippen molar-refractivity contribution < 1.29 is 28.6 Å². The molecule has 0 radical (unpaired) electrons. The van der Waals surface area contributed by atoms with Gasteiger partial charge in [-0.05, 0) is 26.0 Å². The third-order valence-corrected chi connectivity index (χ3v) is 2.89. The van der Waals surface area contributed by atoms with Crippen LogP contribution in [0.25, 0.3) is 0 Å². The summed E-state index contributed by atoms with van der Waals surface area (Å²) in [6.45, 7) is 3.09. The number of primary amides is 1. The number of nitrogens with two attached hydrogens (primary N) is 1. The molecule has 0 aliphatic rings. The Morgan fingerprint density at radius 2 is 1.64 bits per heavy atom. The van der Waals surface area contributed by atoms with Crippen molar-refractivity contribution >= 4 is 17.9 Å². The highest BCUT2D eigenvalue weighted by atomic mass is 16.5. The summed E-state index contributed by atoms with van der Waals surface area (Å²) in [6.07, 6.45) is -1.18. The number of hydrogen-bond donors (Lipinski definition) is 2. The van der Waals surface area contributed by atoms with Crippen molar-refractivity contribution in [2.45, 2.75) is 20.0 Å². The molecule has 0 unspecified atom stereocenters. The number of nitrogens with one attached hydrogen (secondary N) is 1. The quantitative estimate of drug-likeness (QED) is 0.775. The molecule has 0 aliphatic carbocycles. The number of rotatable bonds is 5. The van der Waals surface area contributed by atoms with Crippen molar-refractivity contribution in [2.24, 2.45) is 5.73 Å². The number of imide groups is 1. The Labute approximate surface area is 127 Å². The minimum atomic E-state index is -1.18. The largest absolute Gasteiger partial charge is 0.496 e. The van der Waals surface area contributed by atoms with Crippen molar-refractivity contribution in [1.82, 2.24) is 5.32 Å². The van der Waals surface area contributed by atoms with E-state index >= 15 is 0 Å². The molecular formula is C14H18N2O6. The highest BCUT2D eigenvalue weighted by molar-refractivity contribution is 5.98. The van der Waals surface area contributed by atoms with E-state index in [1.165, 1.54) is 33.3 Å². The summed E-state index contributed by atoms with van der Waals surface area (Å²) < 4.78 is 15.3. The predicted octanol–water partition coefficient (Wildman–Crippen LogP) is 0.752. The van der Waals surface area contributed by atoms with Crippen molar-refractivity contribution in [3.63, 3.8) is 0 Å². The number of ether oxygens (including phenoxy) is 3. The summed E-state index contributed by atoms with van der Waals surface area (Å²) >= 11 is 0. The molecule has 3 amide bonds. The van der Waals surface area contributed by atoms with Gasteiger partial charge in [0.2, 0.25) is 0 Å². The van der Waals surface area contributed by atoms with Crippen molar-refractivity contribution in [3.05, 3.63) is 23.3 Å². The molecule has 22 heavy (non-hydrogen) atoms. The first-order chi connectivity index (χ1) is 10.3. The third kappa shape index (κ3) is 4.11. The van der Waals surface area contributed by atoms with Crippen LogP contribution in [0.15, 0.2) is 12.1 Å². The Hall–Kier alpha value is -2.77. The molecule has 0 saturated carbocycles. The summed E-state index contributed by atoms with van der Waals surface area (Å²) in [5.41, 5.74) is 5.70. The van der Waals surface area contributed by atoms with Crippen LogP contribution in [0.5, 0.6) is 11.5 Å². The number of urea groups is 1. The number of methoxy groups -OCH3 is 2. The standard InChI is InChI=1S/C14H18N2O6/c1-7-10(20-3)5-9(6-11(7)21-4)13(18)22-8(2)12(17)16-14(15)19/h5-6,8H,1-4H3,(H3,15,16,17,19)/t8-/m0/s1. The molecule has 8 nitrogen and oxygen atoms in total. The van der Waals surface area contributed by atoms with Gasteiger partial charge in [-0.1, -0.05) is 0 Å². The highest BCUT2D eigenvalue weighted by Crippen LogP contribution is 2.29. The van der Waals surface area contributed by atoms with Crippen LogP contribution in [0, 0.1) is 6.92 Å². The van der Waals surface area contributed by atoms with Crippen LogP contribution in [-0.4, -0.2) is 38.2 Å². The van der Waals surface area contributed by atoms with Gasteiger partial charge in [0, 0.05) is 5.56 Å². The smallest absolute Gasteiger partial charge is 0.339 e. The van der Waals surface area contributed by atoms with Gasteiger partial charge in [-0.3, -0.25) is 10.1 Å². The fraction of sp³-hybridized carbons (Fsp3) is 0.357. The minimum Gasteiger partial charge on any atom is -0.496 e. The Morgan fingerprint density at radius 1 is 1.14 bits per heavy atom. The first-order valence-electron chi connectivity index (χ1n) is 6.34. The van der Waals surface area contributed by atoms with E-state index in [0.717, 1.165) is 5.56 Å². The molecule has 120 valence electrons. The zero-order valence-corrected chi connectivity index (χ0v) is 12.8. The Bertz CT molecular complexity index is 574. The Morgan fingerprint density at radius 3 is 2.05 bits per heavy atom. The fourth-order valence-corrected chi connectivity index (χ4v) is 1.71. The zero-order chi connectivity index (χ0) is 16.9. The molecule has 8 heteroatoms. The molecule has 3 N–H and O–H groups in total. The van der Waals surface area contributed by atoms with Gasteiger partial charge in [0.1, 0.15) is 11.5 Å². The second-order valence-electron chi connectivity index (χ2n) is 4.41. The SMILES string of the molecule is COc1cc(C(=O)O[C@@H](C)C(=O)NC(N)=O)cc(OC)c1C. The van der Waals surface area contributed by atoms with E-state index in [2.05, 4.69) is 0 Å². The molecule has 0 bridgehead atoms. The highest BCUT2D eigenvalue weighted by Gasteiger charge is 2.21. The Balaban J connectivity index is 2.94. The molecule has 1 atom stereocenters. The lowest BCUT2D eigenvalue weighted by Crippen LogP contribution is -2.42. The van der Waals surface area contributed by atoms with Gasteiger partial charge in [0.25, 0.3) is 5.91 Å². The van der Waals surface area contributed by atoms with Crippen molar-refractivity contribution in [3.8, 4) is 11.5 Å². The van der Waals surface area contributed by atoms with Gasteiger partial charge in [-0.25, -0.2) is 9.59 Å². The van der Waals surface area contributed by atoms with Gasteiger partial charge in [-0.15, -0.1) is 0 Å². The van der Waals surface area contributed by atoms with Gasteiger partial charge in [-0.2, -0.15) is 0 Å². The van der Waals surface area contributed by atoms with E-state index in [1.54, 1.807) is 6.92 Å². The minimum absolute atomic E-state index is 0.151. The van der Waals surface area contributed by atoms with Gasteiger partial charge < -0.3 is 19.9 Å². The number of carbonyl (C=O) groups is 3. The maximum Gasteiger partial charge on any atom is 0.339 e. The number of esters is 1. The molecule has 1 aromatic carbocycles. The molecule has 1 rings (SSSR count). The monoisotopic (exact) mass is 310 g/mol. The number of hydrogen-bond acceptors (Lipinski definition) is 6. The van der Waals surface area contributed by atoms with E-state index in [1.807, 2.05) is 5.32 Å². The Kier molecular flexibility index (Phi) is 5.73. The molecule has 0 saturated heterocycles. The fourth-order valence-electron chi connectivity index (χ4n) is 1.71. The van der Waals surface area contributed by atoms with E-state index < -0.39 is 24.0 Å². The summed E-state index contributed by atoms with van der Waals surface area (Å²) in [5, 5.41) is 1.83. The number of carbonyl (C=O) groups excluding carboxylic acids is 3. The van der Waals surface area contributed by atoms with E-state index in [0.29, 0.717) is 11.5 Å².